The van der Waals surface area contributed by atoms with Crippen LogP contribution >= 0.6 is 0 Å². The van der Waals surface area contributed by atoms with Gasteiger partial charge in [0.15, 0.2) is 0 Å². The summed E-state index contributed by atoms with van der Waals surface area (Å²) in [5, 5.41) is 2.47. The third-order valence-electron chi connectivity index (χ3n) is 3.09. The van der Waals surface area contributed by atoms with Crippen LogP contribution in [0.5, 0.6) is 0 Å². The van der Waals surface area contributed by atoms with E-state index in [1.165, 1.54) is 39.0 Å². The third kappa shape index (κ3) is 0.956. The number of hydrogen-bond acceptors (Lipinski definition) is 1. The number of quaternary nitrogens is 1. The van der Waals surface area contributed by atoms with Crippen molar-refractivity contribution in [3.63, 3.8) is 0 Å². The Balaban J connectivity index is 2.03. The lowest BCUT2D eigenvalue weighted by Gasteiger charge is -2.17. The van der Waals surface area contributed by atoms with E-state index >= 15 is 0 Å². The van der Waals surface area contributed by atoms with Gasteiger partial charge in [-0.05, 0) is 20.0 Å². The SMILES string of the molecule is CN1CCC2(CC[NH2+]C2)C1. The molecule has 2 fully saturated rings. The average Bonchev–Trinajstić information content (AvgIpc) is 2.46. The van der Waals surface area contributed by atoms with E-state index in [0.717, 1.165) is 5.41 Å². The molecule has 0 aliphatic carbocycles. The highest BCUT2D eigenvalue weighted by atomic mass is 15.1. The molecule has 2 heterocycles. The highest BCUT2D eigenvalue weighted by Gasteiger charge is 2.41. The van der Waals surface area contributed by atoms with Crippen molar-refractivity contribution in [1.29, 1.82) is 0 Å². The first-order valence-electron chi connectivity index (χ1n) is 4.31. The first-order valence-corrected chi connectivity index (χ1v) is 4.31. The van der Waals surface area contributed by atoms with Gasteiger partial charge in [0.05, 0.1) is 13.1 Å². The topological polar surface area (TPSA) is 19.9 Å². The molecule has 0 aromatic carbocycles. The summed E-state index contributed by atoms with van der Waals surface area (Å²) in [6.07, 6.45) is 2.90. The van der Waals surface area contributed by atoms with Crippen LogP contribution in [0.2, 0.25) is 0 Å². The predicted octanol–water partition coefficient (Wildman–Crippen LogP) is -0.725. The lowest BCUT2D eigenvalue weighted by atomic mass is 9.87. The molecule has 58 valence electrons. The van der Waals surface area contributed by atoms with E-state index in [1.807, 2.05) is 0 Å². The minimum absolute atomic E-state index is 0.731. The van der Waals surface area contributed by atoms with Crippen molar-refractivity contribution in [3.8, 4) is 0 Å². The van der Waals surface area contributed by atoms with Crippen molar-refractivity contribution in [3.05, 3.63) is 0 Å². The second-order valence-electron chi connectivity index (χ2n) is 4.02. The molecule has 0 bridgehead atoms. The van der Waals surface area contributed by atoms with E-state index in [1.54, 1.807) is 0 Å². The van der Waals surface area contributed by atoms with Crippen molar-refractivity contribution >= 4 is 0 Å². The molecule has 1 atom stereocenters. The Bertz CT molecular complexity index is 127. The van der Waals surface area contributed by atoms with Crippen molar-refractivity contribution in [2.24, 2.45) is 5.41 Å². The normalized spacial score (nSPS) is 41.7. The first kappa shape index (κ1) is 6.62. The van der Waals surface area contributed by atoms with E-state index < -0.39 is 0 Å². The quantitative estimate of drug-likeness (QED) is 0.472. The fourth-order valence-corrected chi connectivity index (χ4v) is 2.45. The van der Waals surface area contributed by atoms with Gasteiger partial charge in [0.25, 0.3) is 0 Å². The Morgan fingerprint density at radius 3 is 2.80 bits per heavy atom. The van der Waals surface area contributed by atoms with Gasteiger partial charge in [-0.15, -0.1) is 0 Å². The Hall–Kier alpha value is -0.0800. The fraction of sp³-hybridized carbons (Fsp3) is 1.00. The highest BCUT2D eigenvalue weighted by molar-refractivity contribution is 4.89. The lowest BCUT2D eigenvalue weighted by molar-refractivity contribution is -0.640. The molecular formula is C8H17N2+. The summed E-state index contributed by atoms with van der Waals surface area (Å²) in [5.41, 5.74) is 0.731. The number of nitrogens with zero attached hydrogens (tertiary/aromatic N) is 1. The van der Waals surface area contributed by atoms with Crippen LogP contribution in [-0.4, -0.2) is 38.1 Å². The van der Waals surface area contributed by atoms with Crippen molar-refractivity contribution in [2.45, 2.75) is 12.8 Å². The summed E-state index contributed by atoms with van der Waals surface area (Å²) >= 11 is 0. The average molecular weight is 141 g/mol. The van der Waals surface area contributed by atoms with Crippen LogP contribution in [-0.2, 0) is 0 Å². The maximum Gasteiger partial charge on any atom is 0.0827 e. The van der Waals surface area contributed by atoms with Crippen LogP contribution in [0.4, 0.5) is 0 Å². The van der Waals surface area contributed by atoms with Gasteiger partial charge in [0.2, 0.25) is 0 Å². The second kappa shape index (κ2) is 2.21. The zero-order valence-corrected chi connectivity index (χ0v) is 6.77. The van der Waals surface area contributed by atoms with Crippen molar-refractivity contribution < 1.29 is 5.32 Å². The number of rotatable bonds is 0. The summed E-state index contributed by atoms with van der Waals surface area (Å²) < 4.78 is 0. The van der Waals surface area contributed by atoms with Crippen LogP contribution in [0, 0.1) is 5.41 Å². The maximum atomic E-state index is 2.47. The molecule has 1 spiro atoms. The minimum Gasteiger partial charge on any atom is -0.346 e. The van der Waals surface area contributed by atoms with E-state index in [0.29, 0.717) is 0 Å². The van der Waals surface area contributed by atoms with Gasteiger partial charge in [-0.25, -0.2) is 0 Å². The monoisotopic (exact) mass is 141 g/mol. The molecule has 2 heteroatoms. The molecule has 2 rings (SSSR count). The summed E-state index contributed by atoms with van der Waals surface area (Å²) in [6, 6.07) is 0. The summed E-state index contributed by atoms with van der Waals surface area (Å²) in [5.74, 6) is 0. The lowest BCUT2D eigenvalue weighted by Crippen LogP contribution is -2.82. The van der Waals surface area contributed by atoms with Crippen LogP contribution in [0.3, 0.4) is 0 Å². The van der Waals surface area contributed by atoms with Gasteiger partial charge in [-0.1, -0.05) is 0 Å². The Morgan fingerprint density at radius 1 is 1.40 bits per heavy atom. The van der Waals surface area contributed by atoms with Gasteiger partial charge in [-0.3, -0.25) is 0 Å². The van der Waals surface area contributed by atoms with Gasteiger partial charge < -0.3 is 10.2 Å². The molecule has 2 N–H and O–H groups in total. The summed E-state index contributed by atoms with van der Waals surface area (Å²) in [4.78, 5) is 2.47. The zero-order valence-electron chi connectivity index (χ0n) is 6.77. The maximum absolute atomic E-state index is 2.47. The Kier molecular flexibility index (Phi) is 1.46. The highest BCUT2D eigenvalue weighted by Crippen LogP contribution is 2.32. The molecule has 0 radical (unpaired) electrons. The van der Waals surface area contributed by atoms with Crippen LogP contribution in [0.1, 0.15) is 12.8 Å². The van der Waals surface area contributed by atoms with Gasteiger partial charge in [-0.2, -0.15) is 0 Å². The van der Waals surface area contributed by atoms with Crippen LogP contribution in [0.25, 0.3) is 0 Å². The smallest absolute Gasteiger partial charge is 0.0827 e. The molecular weight excluding hydrogens is 124 g/mol. The predicted molar refractivity (Wildman–Crippen MR) is 40.8 cm³/mol. The molecule has 2 nitrogen and oxygen atoms in total. The fourth-order valence-electron chi connectivity index (χ4n) is 2.45. The van der Waals surface area contributed by atoms with Crippen molar-refractivity contribution in [2.75, 3.05) is 33.2 Å². The van der Waals surface area contributed by atoms with Gasteiger partial charge >= 0.3 is 0 Å². The first-order chi connectivity index (χ1) is 4.81. The number of likely N-dealkylation sites (tertiary alicyclic amines) is 1. The Labute approximate surface area is 62.6 Å². The molecule has 0 saturated carbocycles. The van der Waals surface area contributed by atoms with Crippen LogP contribution < -0.4 is 5.32 Å². The van der Waals surface area contributed by atoms with E-state index in [-0.39, 0.29) is 0 Å². The van der Waals surface area contributed by atoms with Gasteiger partial charge in [0, 0.05) is 18.4 Å². The summed E-state index contributed by atoms with van der Waals surface area (Å²) in [7, 11) is 2.24. The molecule has 1 unspecified atom stereocenters. The molecule has 2 saturated heterocycles. The van der Waals surface area contributed by atoms with Gasteiger partial charge in [0.1, 0.15) is 0 Å². The standard InChI is InChI=1S/C8H16N2/c1-10-5-3-8(7-10)2-4-9-6-8/h9H,2-7H2,1H3/p+1. The molecule has 0 aromatic rings. The van der Waals surface area contributed by atoms with Crippen LogP contribution in [0.15, 0.2) is 0 Å². The number of nitrogens with two attached hydrogens (primary N) is 1. The zero-order chi connectivity index (χ0) is 7.03. The largest absolute Gasteiger partial charge is 0.346 e. The third-order valence-corrected chi connectivity index (χ3v) is 3.09. The Morgan fingerprint density at radius 2 is 2.30 bits per heavy atom. The second-order valence-corrected chi connectivity index (χ2v) is 4.02. The minimum atomic E-state index is 0.731. The number of hydrogen-bond donors (Lipinski definition) is 1. The summed E-state index contributed by atoms with van der Waals surface area (Å²) in [6.45, 7) is 5.43. The van der Waals surface area contributed by atoms with Crippen molar-refractivity contribution in [1.82, 2.24) is 4.90 Å². The van der Waals surface area contributed by atoms with E-state index in [2.05, 4.69) is 17.3 Å². The van der Waals surface area contributed by atoms with E-state index in [9.17, 15) is 0 Å². The van der Waals surface area contributed by atoms with E-state index in [4.69, 9.17) is 0 Å². The molecule has 2 aliphatic heterocycles. The molecule has 2 aliphatic rings. The molecule has 0 amide bonds. The molecule has 0 aromatic heterocycles. The molecule has 10 heavy (non-hydrogen) atoms.